The molecule has 0 saturated heterocycles. The first kappa shape index (κ1) is 20.3. The third-order valence-electron chi connectivity index (χ3n) is 4.64. The molecule has 2 rings (SSSR count). The largest absolute Gasteiger partial charge is 0.354 e. The third kappa shape index (κ3) is 5.51. The predicted octanol–water partition coefficient (Wildman–Crippen LogP) is 4.22. The van der Waals surface area contributed by atoms with Crippen LogP contribution in [0.15, 0.2) is 41.8 Å². The minimum Gasteiger partial charge on any atom is -0.354 e. The summed E-state index contributed by atoms with van der Waals surface area (Å²) in [5, 5.41) is 5.08. The predicted molar refractivity (Wildman–Crippen MR) is 108 cm³/mol. The number of thiophene rings is 1. The molecule has 0 bridgehead atoms. The van der Waals surface area contributed by atoms with Crippen LogP contribution in [0.25, 0.3) is 0 Å². The van der Waals surface area contributed by atoms with Crippen molar-refractivity contribution in [2.45, 2.75) is 39.7 Å². The lowest BCUT2D eigenvalue weighted by Gasteiger charge is -2.29. The van der Waals surface area contributed by atoms with Crippen LogP contribution in [-0.2, 0) is 4.79 Å². The number of nitrogens with zero attached hydrogens (tertiary/aromatic N) is 1. The van der Waals surface area contributed by atoms with Gasteiger partial charge in [-0.05, 0) is 37.0 Å². The van der Waals surface area contributed by atoms with E-state index in [0.717, 1.165) is 18.7 Å². The Labute approximate surface area is 160 Å². The van der Waals surface area contributed by atoms with E-state index in [-0.39, 0.29) is 30.6 Å². The molecule has 1 atom stereocenters. The van der Waals surface area contributed by atoms with Gasteiger partial charge in [0.25, 0.3) is 0 Å². The summed E-state index contributed by atoms with van der Waals surface area (Å²) in [5.74, 6) is -0.0440. The second-order valence-corrected chi connectivity index (χ2v) is 7.27. The molecule has 0 aliphatic rings. The topological polar surface area (TPSA) is 49.4 Å². The van der Waals surface area contributed by atoms with Crippen molar-refractivity contribution < 1.29 is 9.59 Å². The van der Waals surface area contributed by atoms with Gasteiger partial charge in [0.15, 0.2) is 5.78 Å². The van der Waals surface area contributed by atoms with Gasteiger partial charge in [-0.3, -0.25) is 14.5 Å². The van der Waals surface area contributed by atoms with E-state index in [9.17, 15) is 9.59 Å². The van der Waals surface area contributed by atoms with E-state index in [1.54, 1.807) is 11.3 Å². The first-order valence-corrected chi connectivity index (χ1v) is 10.1. The quantitative estimate of drug-likeness (QED) is 0.635. The highest BCUT2D eigenvalue weighted by Gasteiger charge is 2.20. The maximum Gasteiger partial charge on any atom is 0.220 e. The van der Waals surface area contributed by atoms with E-state index in [0.29, 0.717) is 12.1 Å². The van der Waals surface area contributed by atoms with Crippen molar-refractivity contribution in [3.63, 3.8) is 0 Å². The summed E-state index contributed by atoms with van der Waals surface area (Å²) in [6.07, 6.45) is 0.466. The first-order valence-electron chi connectivity index (χ1n) is 9.19. The fourth-order valence-corrected chi connectivity index (χ4v) is 3.96. The van der Waals surface area contributed by atoms with E-state index < -0.39 is 0 Å². The van der Waals surface area contributed by atoms with Crippen LogP contribution in [0.2, 0.25) is 0 Å². The number of carbonyl (C=O) groups excluding carboxylic acids is 2. The van der Waals surface area contributed by atoms with Gasteiger partial charge in [0.2, 0.25) is 5.91 Å². The summed E-state index contributed by atoms with van der Waals surface area (Å²) >= 11 is 1.71. The van der Waals surface area contributed by atoms with E-state index in [2.05, 4.69) is 35.5 Å². The molecule has 1 unspecified atom stereocenters. The number of aryl methyl sites for hydroxylation is 1. The number of benzene rings is 1. The zero-order valence-corrected chi connectivity index (χ0v) is 16.6. The lowest BCUT2D eigenvalue weighted by molar-refractivity contribution is -0.121. The van der Waals surface area contributed by atoms with Crippen molar-refractivity contribution in [3.05, 3.63) is 57.8 Å². The summed E-state index contributed by atoms with van der Waals surface area (Å²) in [5.41, 5.74) is 1.66. The number of carbonyl (C=O) groups is 2. The SMILES string of the molecule is CCN(CC)C(CNC(=O)CCC(=O)c1ccccc1C)c1cccs1. The van der Waals surface area contributed by atoms with Gasteiger partial charge in [0, 0.05) is 29.8 Å². The Hall–Kier alpha value is -1.98. The molecule has 140 valence electrons. The van der Waals surface area contributed by atoms with Gasteiger partial charge < -0.3 is 5.32 Å². The van der Waals surface area contributed by atoms with E-state index in [4.69, 9.17) is 0 Å². The van der Waals surface area contributed by atoms with E-state index in [1.165, 1.54) is 4.88 Å². The Morgan fingerprint density at radius 2 is 1.81 bits per heavy atom. The first-order chi connectivity index (χ1) is 12.6. The lowest BCUT2D eigenvalue weighted by atomic mass is 10.0. The molecule has 2 aromatic rings. The van der Waals surface area contributed by atoms with Gasteiger partial charge in [0.05, 0.1) is 6.04 Å². The van der Waals surface area contributed by atoms with Crippen LogP contribution in [0.4, 0.5) is 0 Å². The second-order valence-electron chi connectivity index (χ2n) is 6.29. The van der Waals surface area contributed by atoms with Crippen molar-refractivity contribution in [1.29, 1.82) is 0 Å². The number of Topliss-reactive ketones (excluding diaryl/α,β-unsaturated/α-hetero) is 1. The molecule has 1 N–H and O–H groups in total. The normalized spacial score (nSPS) is 12.2. The molecule has 0 aliphatic heterocycles. The molecule has 4 nitrogen and oxygen atoms in total. The molecule has 1 heterocycles. The molecular formula is C21H28N2O2S. The third-order valence-corrected chi connectivity index (χ3v) is 5.62. The zero-order chi connectivity index (χ0) is 18.9. The zero-order valence-electron chi connectivity index (χ0n) is 15.8. The number of ketones is 1. The Morgan fingerprint density at radius 3 is 2.42 bits per heavy atom. The van der Waals surface area contributed by atoms with Gasteiger partial charge in [-0.2, -0.15) is 0 Å². The van der Waals surface area contributed by atoms with Crippen LogP contribution in [-0.4, -0.2) is 36.2 Å². The van der Waals surface area contributed by atoms with Gasteiger partial charge in [-0.1, -0.05) is 44.2 Å². The van der Waals surface area contributed by atoms with Crippen LogP contribution < -0.4 is 5.32 Å². The van der Waals surface area contributed by atoms with Gasteiger partial charge in [0.1, 0.15) is 0 Å². The highest BCUT2D eigenvalue weighted by atomic mass is 32.1. The Bertz CT molecular complexity index is 709. The molecule has 1 aromatic carbocycles. The standard InChI is InChI=1S/C21H28N2O2S/c1-4-23(5-2)18(20-11-8-14-26-20)15-22-21(25)13-12-19(24)17-10-7-6-9-16(17)3/h6-11,14,18H,4-5,12-13,15H2,1-3H3,(H,22,25). The van der Waals surface area contributed by atoms with Crippen LogP contribution in [0, 0.1) is 6.92 Å². The molecule has 0 spiro atoms. The summed E-state index contributed by atoms with van der Waals surface area (Å²) in [7, 11) is 0. The van der Waals surface area contributed by atoms with Crippen LogP contribution in [0.5, 0.6) is 0 Å². The van der Waals surface area contributed by atoms with Crippen molar-refractivity contribution >= 4 is 23.0 Å². The number of amides is 1. The highest BCUT2D eigenvalue weighted by Crippen LogP contribution is 2.24. The number of hydrogen-bond donors (Lipinski definition) is 1. The smallest absolute Gasteiger partial charge is 0.220 e. The Balaban J connectivity index is 1.88. The number of likely N-dealkylation sites (N-methyl/N-ethyl adjacent to an activating group) is 1. The monoisotopic (exact) mass is 372 g/mol. The number of hydrogen-bond acceptors (Lipinski definition) is 4. The van der Waals surface area contributed by atoms with Crippen molar-refractivity contribution in [1.82, 2.24) is 10.2 Å². The molecule has 0 aliphatic carbocycles. The van der Waals surface area contributed by atoms with Crippen LogP contribution in [0.3, 0.4) is 0 Å². The summed E-state index contributed by atoms with van der Waals surface area (Å²) in [6.45, 7) is 8.61. The Morgan fingerprint density at radius 1 is 1.08 bits per heavy atom. The van der Waals surface area contributed by atoms with Crippen molar-refractivity contribution in [2.24, 2.45) is 0 Å². The summed E-state index contributed by atoms with van der Waals surface area (Å²) in [4.78, 5) is 28.2. The van der Waals surface area contributed by atoms with Gasteiger partial charge in [-0.25, -0.2) is 0 Å². The molecule has 0 radical (unpaired) electrons. The molecule has 1 aromatic heterocycles. The highest BCUT2D eigenvalue weighted by molar-refractivity contribution is 7.10. The minimum absolute atomic E-state index is 0.0248. The maximum absolute atomic E-state index is 12.3. The minimum atomic E-state index is -0.0688. The van der Waals surface area contributed by atoms with Crippen molar-refractivity contribution in [3.8, 4) is 0 Å². The maximum atomic E-state index is 12.3. The molecule has 26 heavy (non-hydrogen) atoms. The van der Waals surface area contributed by atoms with Gasteiger partial charge in [-0.15, -0.1) is 11.3 Å². The molecule has 0 fully saturated rings. The second kappa shape index (κ2) is 10.2. The molecule has 1 amide bonds. The molecule has 0 saturated carbocycles. The number of rotatable bonds is 10. The fraction of sp³-hybridized carbons (Fsp3) is 0.429. The average molecular weight is 373 g/mol. The number of nitrogens with one attached hydrogen (secondary N) is 1. The summed E-state index contributed by atoms with van der Waals surface area (Å²) < 4.78 is 0. The average Bonchev–Trinajstić information content (AvgIpc) is 3.18. The van der Waals surface area contributed by atoms with Crippen LogP contribution in [0.1, 0.15) is 53.5 Å². The van der Waals surface area contributed by atoms with E-state index >= 15 is 0 Å². The molecule has 5 heteroatoms. The lowest BCUT2D eigenvalue weighted by Crippen LogP contribution is -2.37. The fourth-order valence-electron chi connectivity index (χ4n) is 3.10. The van der Waals surface area contributed by atoms with Crippen LogP contribution >= 0.6 is 11.3 Å². The molecular weight excluding hydrogens is 344 g/mol. The Kier molecular flexibility index (Phi) is 8.01. The van der Waals surface area contributed by atoms with Crippen molar-refractivity contribution in [2.75, 3.05) is 19.6 Å². The van der Waals surface area contributed by atoms with Gasteiger partial charge >= 0.3 is 0 Å². The van der Waals surface area contributed by atoms with E-state index in [1.807, 2.05) is 37.3 Å². The summed E-state index contributed by atoms with van der Waals surface area (Å²) in [6, 6.07) is 11.8.